The van der Waals surface area contributed by atoms with E-state index in [-0.39, 0.29) is 0 Å². The molecule has 114 valence electrons. The van der Waals surface area contributed by atoms with Crippen LogP contribution in [0.25, 0.3) is 0 Å². The number of aldehydes is 1. The highest BCUT2D eigenvalue weighted by molar-refractivity contribution is 6.31. The third kappa shape index (κ3) is 3.74. The van der Waals surface area contributed by atoms with Crippen molar-refractivity contribution in [2.45, 2.75) is 13.0 Å². The number of hydrogen-bond donors (Lipinski definition) is 0. The Kier molecular flexibility index (Phi) is 5.34. The predicted molar refractivity (Wildman–Crippen MR) is 93.4 cm³/mol. The van der Waals surface area contributed by atoms with E-state index in [1.165, 1.54) is 0 Å². The van der Waals surface area contributed by atoms with Crippen molar-refractivity contribution >= 4 is 29.3 Å². The van der Waals surface area contributed by atoms with Crippen LogP contribution in [0.3, 0.4) is 0 Å². The predicted octanol–water partition coefficient (Wildman–Crippen LogP) is 3.83. The molecule has 2 aromatic rings. The number of hydrogen-bond acceptors (Lipinski definition) is 3. The van der Waals surface area contributed by atoms with Gasteiger partial charge in [0, 0.05) is 35.9 Å². The summed E-state index contributed by atoms with van der Waals surface area (Å²) >= 11 is 6.18. The molecule has 0 aliphatic rings. The molecule has 1 atom stereocenters. The molecule has 0 saturated carbocycles. The third-order valence-corrected chi connectivity index (χ3v) is 3.51. The van der Waals surface area contributed by atoms with Gasteiger partial charge in [-0.2, -0.15) is 0 Å². The van der Waals surface area contributed by atoms with Crippen molar-refractivity contribution < 1.29 is 4.79 Å². The van der Waals surface area contributed by atoms with Crippen molar-refractivity contribution in [1.82, 2.24) is 0 Å². The molecular weight excluding hydrogens is 296 g/mol. The molecule has 0 aromatic heterocycles. The summed E-state index contributed by atoms with van der Waals surface area (Å²) in [5.74, 6) is 0. The Morgan fingerprint density at radius 3 is 2.45 bits per heavy atom. The van der Waals surface area contributed by atoms with Gasteiger partial charge in [0.15, 0.2) is 0 Å². The number of benzene rings is 2. The molecule has 0 spiro atoms. The van der Waals surface area contributed by atoms with Crippen LogP contribution in [-0.4, -0.2) is 32.1 Å². The lowest BCUT2D eigenvalue weighted by molar-refractivity contribution is -0.108. The topological polar surface area (TPSA) is 32.7 Å². The molecule has 3 nitrogen and oxygen atoms in total. The molecule has 0 aliphatic heterocycles. The van der Waals surface area contributed by atoms with Crippen LogP contribution in [0.2, 0.25) is 5.02 Å². The summed E-state index contributed by atoms with van der Waals surface area (Å²) in [5, 5.41) is 0.642. The minimum Gasteiger partial charge on any atom is -0.377 e. The smallest absolute Gasteiger partial charge is 0.144 e. The Balaban J connectivity index is 2.67. The SMILES string of the molecule is CC(C=O)N=C(c1ccccc1)c1cc(Cl)ccc1N(C)C. The number of halogens is 1. The molecule has 2 aromatic carbocycles. The zero-order valence-electron chi connectivity index (χ0n) is 13.0. The van der Waals surface area contributed by atoms with Gasteiger partial charge in [-0.05, 0) is 25.1 Å². The van der Waals surface area contributed by atoms with Gasteiger partial charge in [0.1, 0.15) is 12.3 Å². The lowest BCUT2D eigenvalue weighted by atomic mass is 9.99. The summed E-state index contributed by atoms with van der Waals surface area (Å²) < 4.78 is 0. The lowest BCUT2D eigenvalue weighted by Crippen LogP contribution is -2.17. The monoisotopic (exact) mass is 314 g/mol. The zero-order chi connectivity index (χ0) is 16.1. The first-order valence-electron chi connectivity index (χ1n) is 7.08. The molecule has 0 radical (unpaired) electrons. The van der Waals surface area contributed by atoms with Gasteiger partial charge in [0.2, 0.25) is 0 Å². The van der Waals surface area contributed by atoms with Gasteiger partial charge in [-0.1, -0.05) is 41.9 Å². The summed E-state index contributed by atoms with van der Waals surface area (Å²) in [6, 6.07) is 15.1. The fourth-order valence-corrected chi connectivity index (χ4v) is 2.39. The summed E-state index contributed by atoms with van der Waals surface area (Å²) in [4.78, 5) is 17.6. The van der Waals surface area contributed by atoms with Crippen molar-refractivity contribution in [2.75, 3.05) is 19.0 Å². The molecule has 1 unspecified atom stereocenters. The number of rotatable bonds is 5. The number of aliphatic imine (C=N–C) groups is 1. The molecule has 22 heavy (non-hydrogen) atoms. The van der Waals surface area contributed by atoms with Gasteiger partial charge in [-0.3, -0.25) is 4.99 Å². The van der Waals surface area contributed by atoms with Gasteiger partial charge < -0.3 is 9.69 Å². The van der Waals surface area contributed by atoms with E-state index in [2.05, 4.69) is 4.99 Å². The van der Waals surface area contributed by atoms with Crippen LogP contribution >= 0.6 is 11.6 Å². The van der Waals surface area contributed by atoms with Crippen LogP contribution in [0.1, 0.15) is 18.1 Å². The fraction of sp³-hybridized carbons (Fsp3) is 0.222. The minimum atomic E-state index is -0.413. The second-order valence-electron chi connectivity index (χ2n) is 5.28. The van der Waals surface area contributed by atoms with Crippen molar-refractivity contribution in [3.05, 3.63) is 64.7 Å². The average Bonchev–Trinajstić information content (AvgIpc) is 2.52. The highest BCUT2D eigenvalue weighted by atomic mass is 35.5. The first-order chi connectivity index (χ1) is 10.5. The molecule has 4 heteroatoms. The quantitative estimate of drug-likeness (QED) is 0.620. The highest BCUT2D eigenvalue weighted by Crippen LogP contribution is 2.26. The molecule has 0 bridgehead atoms. The van der Waals surface area contributed by atoms with Gasteiger partial charge in [0.25, 0.3) is 0 Å². The van der Waals surface area contributed by atoms with E-state index in [4.69, 9.17) is 11.6 Å². The molecule has 2 rings (SSSR count). The Labute approximate surface area is 136 Å². The Bertz CT molecular complexity index is 681. The van der Waals surface area contributed by atoms with E-state index in [1.807, 2.05) is 67.5 Å². The van der Waals surface area contributed by atoms with Crippen LogP contribution in [-0.2, 0) is 4.79 Å². The summed E-state index contributed by atoms with van der Waals surface area (Å²) in [6.45, 7) is 1.77. The van der Waals surface area contributed by atoms with Crippen LogP contribution < -0.4 is 4.90 Å². The molecule has 0 heterocycles. The Morgan fingerprint density at radius 2 is 1.86 bits per heavy atom. The van der Waals surface area contributed by atoms with Gasteiger partial charge in [-0.15, -0.1) is 0 Å². The maximum Gasteiger partial charge on any atom is 0.144 e. The second-order valence-corrected chi connectivity index (χ2v) is 5.71. The highest BCUT2D eigenvalue weighted by Gasteiger charge is 2.15. The van der Waals surface area contributed by atoms with Crippen LogP contribution in [0.5, 0.6) is 0 Å². The molecule has 0 aliphatic carbocycles. The molecular formula is C18H19ClN2O. The average molecular weight is 315 g/mol. The first-order valence-corrected chi connectivity index (χ1v) is 7.46. The van der Waals surface area contributed by atoms with Gasteiger partial charge in [-0.25, -0.2) is 0 Å². The maximum absolute atomic E-state index is 11.0. The van der Waals surface area contributed by atoms with E-state index in [0.29, 0.717) is 5.02 Å². The van der Waals surface area contributed by atoms with E-state index in [1.54, 1.807) is 6.92 Å². The summed E-state index contributed by atoms with van der Waals surface area (Å²) in [6.07, 6.45) is 0.836. The largest absolute Gasteiger partial charge is 0.377 e. The van der Waals surface area contributed by atoms with Crippen molar-refractivity contribution in [1.29, 1.82) is 0 Å². The van der Waals surface area contributed by atoms with Crippen molar-refractivity contribution in [2.24, 2.45) is 4.99 Å². The molecule has 0 amide bonds. The van der Waals surface area contributed by atoms with E-state index in [9.17, 15) is 4.79 Å². The molecule has 0 fully saturated rings. The number of carbonyl (C=O) groups is 1. The number of anilines is 1. The second kappa shape index (κ2) is 7.23. The van der Waals surface area contributed by atoms with Crippen LogP contribution in [0, 0.1) is 0 Å². The normalized spacial score (nSPS) is 12.8. The maximum atomic E-state index is 11.0. The standard InChI is InChI=1S/C18H19ClN2O/c1-13(12-22)20-18(14-7-5-4-6-8-14)16-11-15(19)9-10-17(16)21(2)3/h4-13H,1-3H3. The molecule has 0 N–H and O–H groups in total. The molecule has 0 saturated heterocycles. The van der Waals surface area contributed by atoms with E-state index >= 15 is 0 Å². The summed E-state index contributed by atoms with van der Waals surface area (Å²) in [5.41, 5.74) is 3.65. The number of nitrogens with zero attached hydrogens (tertiary/aromatic N) is 2. The van der Waals surface area contributed by atoms with Crippen molar-refractivity contribution in [3.8, 4) is 0 Å². The van der Waals surface area contributed by atoms with Crippen molar-refractivity contribution in [3.63, 3.8) is 0 Å². The first kappa shape index (κ1) is 16.2. The van der Waals surface area contributed by atoms with E-state index in [0.717, 1.165) is 28.8 Å². The van der Waals surface area contributed by atoms with Gasteiger partial charge in [0.05, 0.1) is 5.71 Å². The van der Waals surface area contributed by atoms with Crippen LogP contribution in [0.15, 0.2) is 53.5 Å². The van der Waals surface area contributed by atoms with Crippen LogP contribution in [0.4, 0.5) is 5.69 Å². The fourth-order valence-electron chi connectivity index (χ4n) is 2.22. The number of carbonyl (C=O) groups excluding carboxylic acids is 1. The summed E-state index contributed by atoms with van der Waals surface area (Å²) in [7, 11) is 3.94. The third-order valence-electron chi connectivity index (χ3n) is 3.27. The van der Waals surface area contributed by atoms with Gasteiger partial charge >= 0.3 is 0 Å². The zero-order valence-corrected chi connectivity index (χ0v) is 13.7. The van der Waals surface area contributed by atoms with E-state index < -0.39 is 6.04 Å². The Morgan fingerprint density at radius 1 is 1.18 bits per heavy atom. The minimum absolute atomic E-state index is 0.413. The Hall–Kier alpha value is -2.13. The lowest BCUT2D eigenvalue weighted by Gasteiger charge is -2.20.